The summed E-state index contributed by atoms with van der Waals surface area (Å²) in [6, 6.07) is 7.98. The minimum absolute atomic E-state index is 0.681. The first-order valence-corrected chi connectivity index (χ1v) is 7.11. The van der Waals surface area contributed by atoms with E-state index in [0.717, 1.165) is 22.1 Å². The van der Waals surface area contributed by atoms with Gasteiger partial charge in [0, 0.05) is 29.5 Å². The Morgan fingerprint density at radius 3 is 3.21 bits per heavy atom. The van der Waals surface area contributed by atoms with Gasteiger partial charge in [-0.3, -0.25) is 4.40 Å². The summed E-state index contributed by atoms with van der Waals surface area (Å²) in [7, 11) is 0. The number of benzene rings is 1. The normalized spacial score (nSPS) is 10.8. The van der Waals surface area contributed by atoms with E-state index in [1.165, 1.54) is 0 Å². The van der Waals surface area contributed by atoms with Gasteiger partial charge in [-0.1, -0.05) is 6.07 Å². The fourth-order valence-corrected chi connectivity index (χ4v) is 2.64. The van der Waals surface area contributed by atoms with Gasteiger partial charge < -0.3 is 10.1 Å². The maximum Gasteiger partial charge on any atom is 0.193 e. The second-order valence-electron chi connectivity index (χ2n) is 4.14. The molecule has 2 aromatic heterocycles. The third-order valence-corrected chi connectivity index (χ3v) is 3.53. The summed E-state index contributed by atoms with van der Waals surface area (Å²) in [6.45, 7) is 3.38. The first-order chi connectivity index (χ1) is 9.35. The van der Waals surface area contributed by atoms with Crippen LogP contribution in [0.3, 0.4) is 0 Å². The summed E-state index contributed by atoms with van der Waals surface area (Å²) >= 11 is 1.64. The average Bonchev–Trinajstić information content (AvgIpc) is 2.98. The van der Waals surface area contributed by atoms with Crippen LogP contribution in [0, 0.1) is 0 Å². The number of hydrogen-bond donors (Lipinski definition) is 1. The molecule has 0 aliphatic heterocycles. The third kappa shape index (κ3) is 2.71. The van der Waals surface area contributed by atoms with Crippen LogP contribution in [0.4, 0.5) is 5.69 Å². The number of ether oxygens (including phenoxy) is 1. The number of imidazole rings is 1. The van der Waals surface area contributed by atoms with Crippen LogP contribution in [0.15, 0.2) is 42.0 Å². The van der Waals surface area contributed by atoms with Crippen molar-refractivity contribution in [3.8, 4) is 5.75 Å². The molecule has 0 amide bonds. The molecule has 0 fully saturated rings. The van der Waals surface area contributed by atoms with Crippen molar-refractivity contribution in [2.75, 3.05) is 11.9 Å². The van der Waals surface area contributed by atoms with Crippen LogP contribution in [-0.4, -0.2) is 16.0 Å². The fraction of sp³-hybridized carbons (Fsp3) is 0.214. The van der Waals surface area contributed by atoms with Gasteiger partial charge >= 0.3 is 0 Å². The molecular weight excluding hydrogens is 258 g/mol. The van der Waals surface area contributed by atoms with Crippen molar-refractivity contribution in [1.82, 2.24) is 9.38 Å². The molecule has 0 spiro atoms. The van der Waals surface area contributed by atoms with E-state index in [4.69, 9.17) is 4.74 Å². The third-order valence-electron chi connectivity index (χ3n) is 2.76. The quantitative estimate of drug-likeness (QED) is 0.774. The first kappa shape index (κ1) is 12.0. The molecule has 0 saturated carbocycles. The average molecular weight is 273 g/mol. The highest BCUT2D eigenvalue weighted by molar-refractivity contribution is 7.15. The van der Waals surface area contributed by atoms with Crippen LogP contribution in [0.25, 0.3) is 4.96 Å². The highest BCUT2D eigenvalue weighted by Crippen LogP contribution is 2.18. The summed E-state index contributed by atoms with van der Waals surface area (Å²) in [6.07, 6.45) is 4.07. The molecule has 0 atom stereocenters. The largest absolute Gasteiger partial charge is 0.494 e. The van der Waals surface area contributed by atoms with Gasteiger partial charge in [0.2, 0.25) is 0 Å². The predicted molar refractivity (Wildman–Crippen MR) is 78.0 cm³/mol. The Balaban J connectivity index is 1.68. The van der Waals surface area contributed by atoms with Crippen LogP contribution in [0.1, 0.15) is 12.6 Å². The molecule has 2 heterocycles. The van der Waals surface area contributed by atoms with Crippen LogP contribution >= 0.6 is 11.3 Å². The molecule has 19 heavy (non-hydrogen) atoms. The van der Waals surface area contributed by atoms with Gasteiger partial charge in [-0.15, -0.1) is 11.3 Å². The zero-order chi connectivity index (χ0) is 13.1. The second kappa shape index (κ2) is 5.32. The molecule has 3 aromatic rings. The van der Waals surface area contributed by atoms with Crippen molar-refractivity contribution >= 4 is 22.0 Å². The summed E-state index contributed by atoms with van der Waals surface area (Å²) in [5.74, 6) is 0.887. The minimum atomic E-state index is 0.681. The lowest BCUT2D eigenvalue weighted by Crippen LogP contribution is -2.00. The lowest BCUT2D eigenvalue weighted by Gasteiger charge is -2.07. The smallest absolute Gasteiger partial charge is 0.193 e. The zero-order valence-electron chi connectivity index (χ0n) is 10.7. The lowest BCUT2D eigenvalue weighted by molar-refractivity contribution is 0.340. The Kier molecular flexibility index (Phi) is 3.37. The molecule has 1 aromatic carbocycles. The molecule has 0 unspecified atom stereocenters. The number of fused-ring (bicyclic) bond motifs is 1. The first-order valence-electron chi connectivity index (χ1n) is 6.23. The second-order valence-corrected chi connectivity index (χ2v) is 5.01. The van der Waals surface area contributed by atoms with E-state index in [9.17, 15) is 0 Å². The van der Waals surface area contributed by atoms with Gasteiger partial charge in [-0.25, -0.2) is 4.98 Å². The highest BCUT2D eigenvalue weighted by atomic mass is 32.1. The molecule has 0 aliphatic rings. The van der Waals surface area contributed by atoms with Crippen LogP contribution < -0.4 is 10.1 Å². The Hall–Kier alpha value is -2.01. The molecule has 3 rings (SSSR count). The topological polar surface area (TPSA) is 38.6 Å². The van der Waals surface area contributed by atoms with E-state index in [1.54, 1.807) is 11.3 Å². The molecule has 0 radical (unpaired) electrons. The molecule has 0 bridgehead atoms. The maximum absolute atomic E-state index is 5.48. The fourth-order valence-electron chi connectivity index (χ4n) is 1.92. The van der Waals surface area contributed by atoms with Crippen molar-refractivity contribution < 1.29 is 4.74 Å². The van der Waals surface area contributed by atoms with Crippen LogP contribution in [0.5, 0.6) is 5.75 Å². The molecule has 5 heteroatoms. The number of rotatable bonds is 5. The minimum Gasteiger partial charge on any atom is -0.494 e. The molecule has 1 N–H and O–H groups in total. The highest BCUT2D eigenvalue weighted by Gasteiger charge is 2.02. The molecule has 4 nitrogen and oxygen atoms in total. The molecule has 0 aliphatic carbocycles. The van der Waals surface area contributed by atoms with E-state index in [0.29, 0.717) is 13.2 Å². The van der Waals surface area contributed by atoms with Crippen molar-refractivity contribution in [3.05, 3.63) is 47.7 Å². The number of aromatic nitrogens is 2. The number of hydrogen-bond acceptors (Lipinski definition) is 4. The van der Waals surface area contributed by atoms with Crippen molar-refractivity contribution in [2.45, 2.75) is 13.5 Å². The summed E-state index contributed by atoms with van der Waals surface area (Å²) in [4.78, 5) is 5.56. The molecule has 0 saturated heterocycles. The van der Waals surface area contributed by atoms with E-state index in [-0.39, 0.29) is 0 Å². The zero-order valence-corrected chi connectivity index (χ0v) is 11.5. The Morgan fingerprint density at radius 1 is 1.42 bits per heavy atom. The summed E-state index contributed by atoms with van der Waals surface area (Å²) < 4.78 is 7.52. The number of nitrogens with one attached hydrogen (secondary N) is 1. The monoisotopic (exact) mass is 273 g/mol. The standard InChI is InChI=1S/C14H15N3OS/c1-2-18-13-5-3-4-11(8-13)15-9-12-10-17-6-7-19-14(17)16-12/h3-8,10,15H,2,9H2,1H3. The van der Waals surface area contributed by atoms with E-state index in [2.05, 4.69) is 10.3 Å². The van der Waals surface area contributed by atoms with Gasteiger partial charge in [0.1, 0.15) is 5.75 Å². The van der Waals surface area contributed by atoms with Crippen LogP contribution in [0.2, 0.25) is 0 Å². The summed E-state index contributed by atoms with van der Waals surface area (Å²) in [5, 5.41) is 5.39. The molecule has 98 valence electrons. The van der Waals surface area contributed by atoms with Crippen LogP contribution in [-0.2, 0) is 6.54 Å². The van der Waals surface area contributed by atoms with Gasteiger partial charge in [-0.05, 0) is 19.1 Å². The number of anilines is 1. The van der Waals surface area contributed by atoms with Crippen molar-refractivity contribution in [3.63, 3.8) is 0 Å². The molecular formula is C14H15N3OS. The Morgan fingerprint density at radius 2 is 2.37 bits per heavy atom. The number of thiazole rings is 1. The van der Waals surface area contributed by atoms with Crippen molar-refractivity contribution in [1.29, 1.82) is 0 Å². The lowest BCUT2D eigenvalue weighted by atomic mass is 10.3. The Bertz CT molecular complexity index is 645. The van der Waals surface area contributed by atoms with Gasteiger partial charge in [0.25, 0.3) is 0 Å². The number of nitrogens with zero attached hydrogens (tertiary/aromatic N) is 2. The summed E-state index contributed by atoms with van der Waals surface area (Å²) in [5.41, 5.74) is 2.08. The van der Waals surface area contributed by atoms with E-state index >= 15 is 0 Å². The van der Waals surface area contributed by atoms with Gasteiger partial charge in [-0.2, -0.15) is 0 Å². The SMILES string of the molecule is CCOc1cccc(NCc2cn3ccsc3n2)c1. The Labute approximate surface area is 115 Å². The van der Waals surface area contributed by atoms with E-state index < -0.39 is 0 Å². The maximum atomic E-state index is 5.48. The van der Waals surface area contributed by atoms with Gasteiger partial charge in [0.15, 0.2) is 4.96 Å². The van der Waals surface area contributed by atoms with Crippen molar-refractivity contribution in [2.24, 2.45) is 0 Å². The van der Waals surface area contributed by atoms with Gasteiger partial charge in [0.05, 0.1) is 18.8 Å². The van der Waals surface area contributed by atoms with E-state index in [1.807, 2.05) is 53.4 Å². The predicted octanol–water partition coefficient (Wildman–Crippen LogP) is 3.41.